The number of hydrogen-bond donors (Lipinski definition) is 2. The Labute approximate surface area is 213 Å². The lowest BCUT2D eigenvalue weighted by atomic mass is 9.97. The van der Waals surface area contributed by atoms with E-state index in [0.29, 0.717) is 12.1 Å². The van der Waals surface area contributed by atoms with E-state index in [9.17, 15) is 0 Å². The third kappa shape index (κ3) is 7.53. The van der Waals surface area contributed by atoms with Crippen LogP contribution in [0.4, 0.5) is 0 Å². The molecule has 0 amide bonds. The molecule has 1 aliphatic rings. The van der Waals surface area contributed by atoms with Crippen molar-refractivity contribution in [1.82, 2.24) is 30.3 Å². The molecular formula is C25H34IN7. The van der Waals surface area contributed by atoms with Crippen LogP contribution in [-0.2, 0) is 19.6 Å². The smallest absolute Gasteiger partial charge is 0.191 e. The van der Waals surface area contributed by atoms with Crippen molar-refractivity contribution in [3.63, 3.8) is 0 Å². The molecule has 2 unspecified atom stereocenters. The first-order valence-corrected chi connectivity index (χ1v) is 11.3. The van der Waals surface area contributed by atoms with Gasteiger partial charge in [-0.05, 0) is 36.5 Å². The molecule has 1 aliphatic heterocycles. The minimum atomic E-state index is 0. The summed E-state index contributed by atoms with van der Waals surface area (Å²) >= 11 is 0. The zero-order chi connectivity index (χ0) is 22.2. The van der Waals surface area contributed by atoms with Gasteiger partial charge < -0.3 is 10.6 Å². The maximum Gasteiger partial charge on any atom is 0.191 e. The summed E-state index contributed by atoms with van der Waals surface area (Å²) in [4.78, 5) is 11.0. The molecule has 4 rings (SSSR count). The number of piperidine rings is 1. The summed E-state index contributed by atoms with van der Waals surface area (Å²) in [6.07, 6.45) is 5.53. The van der Waals surface area contributed by atoms with Crippen molar-refractivity contribution in [2.75, 3.05) is 13.6 Å². The SMILES string of the molecule is CN=C(NCc1cccc(Cn2cncn2)c1)NC1CCN(Cc2ccccc2)C(C)C1.I. The highest BCUT2D eigenvalue weighted by Gasteiger charge is 2.25. The maximum atomic E-state index is 4.45. The molecule has 2 N–H and O–H groups in total. The Balaban J connectivity index is 0.00000306. The molecule has 2 heterocycles. The van der Waals surface area contributed by atoms with Gasteiger partial charge >= 0.3 is 0 Å². The zero-order valence-corrected chi connectivity index (χ0v) is 21.7. The predicted molar refractivity (Wildman–Crippen MR) is 144 cm³/mol. The highest BCUT2D eigenvalue weighted by molar-refractivity contribution is 14.0. The summed E-state index contributed by atoms with van der Waals surface area (Å²) < 4.78 is 1.83. The van der Waals surface area contributed by atoms with Crippen molar-refractivity contribution in [1.29, 1.82) is 0 Å². The lowest BCUT2D eigenvalue weighted by Gasteiger charge is -2.38. The van der Waals surface area contributed by atoms with E-state index < -0.39 is 0 Å². The van der Waals surface area contributed by atoms with E-state index in [1.54, 1.807) is 12.7 Å². The van der Waals surface area contributed by atoms with Crippen LogP contribution in [0.25, 0.3) is 0 Å². The number of nitrogens with one attached hydrogen (secondary N) is 2. The lowest BCUT2D eigenvalue weighted by Crippen LogP contribution is -2.51. The summed E-state index contributed by atoms with van der Waals surface area (Å²) in [6, 6.07) is 20.2. The first-order chi connectivity index (χ1) is 15.7. The number of nitrogens with zero attached hydrogens (tertiary/aromatic N) is 5. The van der Waals surface area contributed by atoms with E-state index in [4.69, 9.17) is 0 Å². The van der Waals surface area contributed by atoms with Gasteiger partial charge in [-0.1, -0.05) is 54.6 Å². The van der Waals surface area contributed by atoms with E-state index in [0.717, 1.165) is 45.0 Å². The number of hydrogen-bond acceptors (Lipinski definition) is 4. The Hall–Kier alpha value is -2.46. The van der Waals surface area contributed by atoms with Gasteiger partial charge in [-0.25, -0.2) is 9.67 Å². The number of aliphatic imine (C=N–C) groups is 1. The summed E-state index contributed by atoms with van der Waals surface area (Å²) in [5.74, 6) is 0.861. The molecule has 33 heavy (non-hydrogen) atoms. The Morgan fingerprint density at radius 3 is 2.58 bits per heavy atom. The van der Waals surface area contributed by atoms with E-state index in [-0.39, 0.29) is 24.0 Å². The number of benzene rings is 2. The van der Waals surface area contributed by atoms with Gasteiger partial charge in [0.05, 0.1) is 6.54 Å². The molecule has 3 aromatic rings. The molecule has 2 atom stereocenters. The van der Waals surface area contributed by atoms with Crippen molar-refractivity contribution in [3.05, 3.63) is 83.9 Å². The lowest BCUT2D eigenvalue weighted by molar-refractivity contribution is 0.134. The highest BCUT2D eigenvalue weighted by Crippen LogP contribution is 2.20. The molecule has 0 saturated carbocycles. The highest BCUT2D eigenvalue weighted by atomic mass is 127. The van der Waals surface area contributed by atoms with Crippen LogP contribution in [0.2, 0.25) is 0 Å². The third-order valence-corrected chi connectivity index (χ3v) is 6.07. The summed E-state index contributed by atoms with van der Waals surface area (Å²) in [5, 5.41) is 11.3. The van der Waals surface area contributed by atoms with Gasteiger partial charge in [0.25, 0.3) is 0 Å². The quantitative estimate of drug-likeness (QED) is 0.263. The van der Waals surface area contributed by atoms with E-state index in [1.165, 1.54) is 16.7 Å². The standard InChI is InChI=1S/C25H33N7.HI/c1-20-13-24(11-12-31(20)16-21-7-4-3-5-8-21)30-25(26-2)28-15-22-9-6-10-23(14-22)17-32-19-27-18-29-32;/h3-10,14,18-20,24H,11-13,15-17H2,1-2H3,(H2,26,28,30);1H. The van der Waals surface area contributed by atoms with Gasteiger partial charge in [0.1, 0.15) is 12.7 Å². The normalized spacial score (nSPS) is 19.0. The predicted octanol–water partition coefficient (Wildman–Crippen LogP) is 3.66. The first-order valence-electron chi connectivity index (χ1n) is 11.3. The van der Waals surface area contributed by atoms with Crippen LogP contribution in [-0.4, -0.2) is 51.3 Å². The fourth-order valence-electron chi connectivity index (χ4n) is 4.32. The van der Waals surface area contributed by atoms with Gasteiger partial charge in [-0.3, -0.25) is 9.89 Å². The van der Waals surface area contributed by atoms with Crippen molar-refractivity contribution < 1.29 is 0 Å². The van der Waals surface area contributed by atoms with Crippen LogP contribution in [0.3, 0.4) is 0 Å². The molecule has 1 saturated heterocycles. The second-order valence-corrected chi connectivity index (χ2v) is 8.51. The Bertz CT molecular complexity index is 991. The van der Waals surface area contributed by atoms with Gasteiger partial charge in [-0.15, -0.1) is 24.0 Å². The average Bonchev–Trinajstić information content (AvgIpc) is 3.32. The number of aromatic nitrogens is 3. The second kappa shape index (κ2) is 12.7. The molecule has 0 radical (unpaired) electrons. The van der Waals surface area contributed by atoms with Crippen molar-refractivity contribution in [3.8, 4) is 0 Å². The van der Waals surface area contributed by atoms with Crippen LogP contribution in [0.15, 0.2) is 72.2 Å². The van der Waals surface area contributed by atoms with Crippen molar-refractivity contribution >= 4 is 29.9 Å². The zero-order valence-electron chi connectivity index (χ0n) is 19.4. The number of rotatable bonds is 7. The minimum Gasteiger partial charge on any atom is -0.354 e. The van der Waals surface area contributed by atoms with E-state index >= 15 is 0 Å². The maximum absolute atomic E-state index is 4.45. The Morgan fingerprint density at radius 2 is 1.85 bits per heavy atom. The van der Waals surface area contributed by atoms with Crippen LogP contribution in [0.1, 0.15) is 36.5 Å². The molecule has 7 nitrogen and oxygen atoms in total. The number of halogens is 1. The molecular weight excluding hydrogens is 525 g/mol. The number of guanidine groups is 1. The number of likely N-dealkylation sites (tertiary alicyclic amines) is 1. The fourth-order valence-corrected chi connectivity index (χ4v) is 4.32. The van der Waals surface area contributed by atoms with Crippen LogP contribution in [0, 0.1) is 0 Å². The average molecular weight is 560 g/mol. The van der Waals surface area contributed by atoms with Crippen molar-refractivity contribution in [2.45, 2.75) is 51.5 Å². The van der Waals surface area contributed by atoms with E-state index in [1.807, 2.05) is 11.7 Å². The summed E-state index contributed by atoms with van der Waals surface area (Å²) in [5.41, 5.74) is 3.81. The van der Waals surface area contributed by atoms with Gasteiger partial charge in [0.2, 0.25) is 0 Å². The Kier molecular flexibility index (Phi) is 9.68. The minimum absolute atomic E-state index is 0. The molecule has 2 aromatic carbocycles. The monoisotopic (exact) mass is 559 g/mol. The molecule has 0 spiro atoms. The molecule has 1 fully saturated rings. The summed E-state index contributed by atoms with van der Waals surface area (Å²) in [7, 11) is 1.84. The largest absolute Gasteiger partial charge is 0.354 e. The topological polar surface area (TPSA) is 70.4 Å². The molecule has 176 valence electrons. The van der Waals surface area contributed by atoms with Crippen LogP contribution >= 0.6 is 24.0 Å². The van der Waals surface area contributed by atoms with Gasteiger partial charge in [0, 0.05) is 38.8 Å². The fraction of sp³-hybridized carbons (Fsp3) is 0.400. The molecule has 0 aliphatic carbocycles. The Morgan fingerprint density at radius 1 is 1.06 bits per heavy atom. The van der Waals surface area contributed by atoms with E-state index in [2.05, 4.69) is 92.1 Å². The molecule has 0 bridgehead atoms. The molecule has 1 aromatic heterocycles. The third-order valence-electron chi connectivity index (χ3n) is 6.07. The van der Waals surface area contributed by atoms with Gasteiger partial charge in [0.15, 0.2) is 5.96 Å². The molecule has 8 heteroatoms. The summed E-state index contributed by atoms with van der Waals surface area (Å²) in [6.45, 7) is 5.89. The van der Waals surface area contributed by atoms with Crippen molar-refractivity contribution in [2.24, 2.45) is 4.99 Å². The van der Waals surface area contributed by atoms with Crippen LogP contribution < -0.4 is 10.6 Å². The van der Waals surface area contributed by atoms with Gasteiger partial charge in [-0.2, -0.15) is 5.10 Å². The second-order valence-electron chi connectivity index (χ2n) is 8.51. The first kappa shape index (κ1) is 25.2. The van der Waals surface area contributed by atoms with Crippen LogP contribution in [0.5, 0.6) is 0 Å².